The van der Waals surface area contributed by atoms with Crippen molar-refractivity contribution in [1.29, 1.82) is 0 Å². The van der Waals surface area contributed by atoms with E-state index in [4.69, 9.17) is 11.6 Å². The van der Waals surface area contributed by atoms with Crippen molar-refractivity contribution in [1.82, 2.24) is 4.23 Å². The molecule has 0 aliphatic rings. The Kier molecular flexibility index (Phi) is 5.83. The van der Waals surface area contributed by atoms with Crippen molar-refractivity contribution >= 4 is 30.7 Å². The van der Waals surface area contributed by atoms with Crippen molar-refractivity contribution in [3.63, 3.8) is 0 Å². The van der Waals surface area contributed by atoms with Crippen LogP contribution >= 0.6 is 11.6 Å². The van der Waals surface area contributed by atoms with E-state index < -0.39 is 8.24 Å². The smallest absolute Gasteiger partial charge is 0.169 e. The maximum absolute atomic E-state index is 6.69. The van der Waals surface area contributed by atoms with E-state index >= 15 is 0 Å². The van der Waals surface area contributed by atoms with Crippen LogP contribution in [0, 0.1) is 0 Å². The Morgan fingerprint density at radius 2 is 1.48 bits per heavy atom. The van der Waals surface area contributed by atoms with Crippen LogP contribution in [0.5, 0.6) is 0 Å². The lowest BCUT2D eigenvalue weighted by molar-refractivity contribution is -0.883. The highest BCUT2D eigenvalue weighted by atomic mass is 35.5. The quantitative estimate of drug-likeness (QED) is 0.397. The third-order valence-electron chi connectivity index (χ3n) is 5.69. The zero-order chi connectivity index (χ0) is 19.2. The molecule has 0 bridgehead atoms. The molecule has 140 valence electrons. The van der Waals surface area contributed by atoms with Crippen molar-refractivity contribution in [2.45, 2.75) is 64.7 Å². The first kappa shape index (κ1) is 20.5. The number of rotatable bonds is 6. The molecule has 2 aromatic rings. The van der Waals surface area contributed by atoms with Crippen molar-refractivity contribution in [3.05, 3.63) is 35.0 Å². The van der Waals surface area contributed by atoms with Gasteiger partial charge in [0.05, 0.1) is 26.2 Å². The molecular weight excluding hydrogens is 344 g/mol. The minimum Gasteiger partial charge on any atom is -0.373 e. The highest BCUT2D eigenvalue weighted by Crippen LogP contribution is 2.45. The molecule has 1 aromatic carbocycles. The minimum absolute atomic E-state index is 0.666. The molecule has 4 heteroatoms. The third kappa shape index (κ3) is 3.56. The summed E-state index contributed by atoms with van der Waals surface area (Å²) in [4.78, 5) is 0. The fraction of sp³-hybridized carbons (Fsp3) is 0.619. The molecule has 0 saturated heterocycles. The zero-order valence-electron chi connectivity index (χ0n) is 17.5. The highest BCUT2D eigenvalue weighted by Gasteiger charge is 2.46. The van der Waals surface area contributed by atoms with E-state index in [1.807, 2.05) is 6.07 Å². The molecule has 0 radical (unpaired) electrons. The average molecular weight is 380 g/mol. The molecule has 0 spiro atoms. The molecule has 1 aromatic heterocycles. The Labute approximate surface area is 160 Å². The van der Waals surface area contributed by atoms with Gasteiger partial charge in [0, 0.05) is 22.7 Å². The molecule has 0 atom stereocenters. The standard InChI is InChI=1S/C21H36ClN2Si/c1-15(2)25(16(3)4,17(5)6)23-13-18(14-24(7,8)9)21-19(22)11-10-12-20(21)23/h10-13,15-17H,14H2,1-9H3/q+1. The van der Waals surface area contributed by atoms with Crippen LogP contribution < -0.4 is 0 Å². The Morgan fingerprint density at radius 1 is 0.960 bits per heavy atom. The first-order valence-electron chi connectivity index (χ1n) is 9.52. The van der Waals surface area contributed by atoms with E-state index in [9.17, 15) is 0 Å². The second kappa shape index (κ2) is 7.09. The molecule has 2 rings (SSSR count). The molecule has 0 amide bonds. The maximum Gasteiger partial charge on any atom is 0.169 e. The summed E-state index contributed by atoms with van der Waals surface area (Å²) in [5.41, 5.74) is 4.71. The van der Waals surface area contributed by atoms with Crippen LogP contribution in [0.1, 0.15) is 47.1 Å². The minimum atomic E-state index is -1.79. The summed E-state index contributed by atoms with van der Waals surface area (Å²) < 4.78 is 3.60. The van der Waals surface area contributed by atoms with Crippen molar-refractivity contribution in [2.24, 2.45) is 0 Å². The van der Waals surface area contributed by atoms with Crippen LogP contribution in [-0.2, 0) is 6.54 Å². The topological polar surface area (TPSA) is 4.93 Å². The lowest BCUT2D eigenvalue weighted by Crippen LogP contribution is -2.51. The van der Waals surface area contributed by atoms with Gasteiger partial charge < -0.3 is 8.72 Å². The third-order valence-corrected chi connectivity index (χ3v) is 12.8. The van der Waals surface area contributed by atoms with Gasteiger partial charge in [-0.2, -0.15) is 0 Å². The van der Waals surface area contributed by atoms with E-state index in [0.717, 1.165) is 16.1 Å². The molecule has 0 aliphatic heterocycles. The molecule has 0 N–H and O–H groups in total. The van der Waals surface area contributed by atoms with Crippen LogP contribution in [0.2, 0.25) is 21.6 Å². The first-order chi connectivity index (χ1) is 11.4. The fourth-order valence-corrected chi connectivity index (χ4v) is 12.1. The van der Waals surface area contributed by atoms with Gasteiger partial charge >= 0.3 is 0 Å². The Bertz CT molecular complexity index is 716. The number of hydrogen-bond donors (Lipinski definition) is 0. The predicted octanol–water partition coefficient (Wildman–Crippen LogP) is 6.52. The average Bonchev–Trinajstić information content (AvgIpc) is 2.76. The fourth-order valence-electron chi connectivity index (χ4n) is 5.11. The lowest BCUT2D eigenvalue weighted by atomic mass is 10.1. The first-order valence-corrected chi connectivity index (χ1v) is 12.1. The second-order valence-corrected chi connectivity index (χ2v) is 15.6. The van der Waals surface area contributed by atoms with Crippen LogP contribution in [0.15, 0.2) is 24.4 Å². The molecule has 1 heterocycles. The van der Waals surface area contributed by atoms with E-state index in [-0.39, 0.29) is 0 Å². The van der Waals surface area contributed by atoms with Crippen LogP contribution in [0.4, 0.5) is 0 Å². The zero-order valence-corrected chi connectivity index (χ0v) is 19.3. The van der Waals surface area contributed by atoms with Gasteiger partial charge in [0.25, 0.3) is 0 Å². The number of halogens is 1. The Morgan fingerprint density at radius 3 is 1.92 bits per heavy atom. The predicted molar refractivity (Wildman–Crippen MR) is 115 cm³/mol. The van der Waals surface area contributed by atoms with Crippen LogP contribution in [0.25, 0.3) is 10.9 Å². The summed E-state index contributed by atoms with van der Waals surface area (Å²) in [5.74, 6) is 0. The molecule has 0 unspecified atom stereocenters. The number of fused-ring (bicyclic) bond motifs is 1. The highest BCUT2D eigenvalue weighted by molar-refractivity contribution is 6.82. The van der Waals surface area contributed by atoms with E-state index in [0.29, 0.717) is 16.6 Å². The maximum atomic E-state index is 6.69. The van der Waals surface area contributed by atoms with Gasteiger partial charge in [-0.25, -0.2) is 0 Å². The van der Waals surface area contributed by atoms with Crippen molar-refractivity contribution in [3.8, 4) is 0 Å². The Balaban J connectivity index is 2.87. The summed E-state index contributed by atoms with van der Waals surface area (Å²) >= 11 is 6.69. The number of nitrogens with zero attached hydrogens (tertiary/aromatic N) is 2. The summed E-state index contributed by atoms with van der Waals surface area (Å²) in [5, 5.41) is 2.15. The number of quaternary nitrogens is 1. The summed E-state index contributed by atoms with van der Waals surface area (Å²) in [6.07, 6.45) is 2.45. The van der Waals surface area contributed by atoms with Crippen molar-refractivity contribution < 1.29 is 4.48 Å². The van der Waals surface area contributed by atoms with E-state index in [1.54, 1.807) is 0 Å². The van der Waals surface area contributed by atoms with E-state index in [1.165, 1.54) is 16.5 Å². The summed E-state index contributed by atoms with van der Waals surface area (Å²) in [6.45, 7) is 15.5. The van der Waals surface area contributed by atoms with Gasteiger partial charge in [0.1, 0.15) is 6.54 Å². The largest absolute Gasteiger partial charge is 0.373 e. The normalized spacial score (nSPS) is 13.6. The van der Waals surface area contributed by atoms with Gasteiger partial charge in [-0.1, -0.05) is 59.2 Å². The van der Waals surface area contributed by atoms with Gasteiger partial charge in [0.2, 0.25) is 0 Å². The van der Waals surface area contributed by atoms with Crippen LogP contribution in [0.3, 0.4) is 0 Å². The number of benzene rings is 1. The molecule has 0 saturated carbocycles. The van der Waals surface area contributed by atoms with Crippen LogP contribution in [-0.4, -0.2) is 38.1 Å². The SMILES string of the molecule is CC(C)[Si](C(C)C)(C(C)C)n1cc(C[N+](C)(C)C)c2c(Cl)cccc21. The van der Waals surface area contributed by atoms with Gasteiger partial charge in [-0.3, -0.25) is 0 Å². The van der Waals surface area contributed by atoms with Gasteiger partial charge in [0.15, 0.2) is 8.24 Å². The molecule has 0 fully saturated rings. The lowest BCUT2D eigenvalue weighted by Gasteiger charge is -2.44. The number of hydrogen-bond acceptors (Lipinski definition) is 0. The number of aromatic nitrogens is 1. The summed E-state index contributed by atoms with van der Waals surface area (Å²) in [6, 6.07) is 6.42. The molecule has 2 nitrogen and oxygen atoms in total. The summed E-state index contributed by atoms with van der Waals surface area (Å²) in [7, 11) is 4.95. The molecule has 0 aliphatic carbocycles. The Hall–Kier alpha value is -0.773. The van der Waals surface area contributed by atoms with Crippen molar-refractivity contribution in [2.75, 3.05) is 21.1 Å². The molecule has 25 heavy (non-hydrogen) atoms. The monoisotopic (exact) mass is 379 g/mol. The molecular formula is C21H36ClN2Si+. The van der Waals surface area contributed by atoms with Gasteiger partial charge in [-0.05, 0) is 28.8 Å². The van der Waals surface area contributed by atoms with Gasteiger partial charge in [-0.15, -0.1) is 0 Å². The van der Waals surface area contributed by atoms with E-state index in [2.05, 4.69) is 85.2 Å². The second-order valence-electron chi connectivity index (χ2n) is 9.46.